The summed E-state index contributed by atoms with van der Waals surface area (Å²) in [6, 6.07) is 7.22. The van der Waals surface area contributed by atoms with E-state index in [0.717, 1.165) is 5.75 Å². The summed E-state index contributed by atoms with van der Waals surface area (Å²) in [5.41, 5.74) is 5.63. The van der Waals surface area contributed by atoms with E-state index in [9.17, 15) is 9.90 Å². The lowest BCUT2D eigenvalue weighted by molar-refractivity contribution is -0.170. The molecule has 2 rings (SSSR count). The Hall–Kier alpha value is -1.34. The number of carbonyl (C=O) groups excluding carboxylic acids is 1. The average Bonchev–Trinajstić information content (AvgIpc) is 2.59. The summed E-state index contributed by atoms with van der Waals surface area (Å²) in [4.78, 5) is 12.6. The van der Waals surface area contributed by atoms with E-state index in [4.69, 9.17) is 15.2 Å². The Bertz CT molecular complexity index is 621. The van der Waals surface area contributed by atoms with Crippen LogP contribution in [0.5, 0.6) is 5.75 Å². The summed E-state index contributed by atoms with van der Waals surface area (Å²) in [5.74, 6) is 0.497. The number of nitrogens with two attached hydrogens (primary N) is 1. The lowest BCUT2D eigenvalue weighted by Crippen LogP contribution is -2.75. The molecule has 4 N–H and O–H groups in total. The predicted molar refractivity (Wildman–Crippen MR) is 108 cm³/mol. The largest absolute Gasteiger partial charge is 0.491 e. The summed E-state index contributed by atoms with van der Waals surface area (Å²) < 4.78 is 11.2. The number of halogens is 1. The van der Waals surface area contributed by atoms with Crippen molar-refractivity contribution in [2.45, 2.75) is 64.9 Å². The molecule has 3 unspecified atom stereocenters. The Morgan fingerprint density at radius 2 is 1.93 bits per heavy atom. The molecule has 1 aliphatic carbocycles. The zero-order chi connectivity index (χ0) is 19.5. The molecule has 0 bridgehead atoms. The number of nitrogens with one attached hydrogen (secondary N) is 1. The maximum absolute atomic E-state index is 12.6. The molecule has 1 aromatic rings. The third kappa shape index (κ3) is 4.93. The topological polar surface area (TPSA) is 93.8 Å². The third-order valence-corrected chi connectivity index (χ3v) is 5.33. The van der Waals surface area contributed by atoms with Crippen LogP contribution in [-0.2, 0) is 9.53 Å². The summed E-state index contributed by atoms with van der Waals surface area (Å²) >= 11 is 0. The van der Waals surface area contributed by atoms with Gasteiger partial charge in [-0.3, -0.25) is 4.79 Å². The standard InChI is InChI=1S/C20H32N2O4.ClH/c1-6-25-17-11-20(21,19(17,4)5)18(24)22-12-16(23)14-7-9-15(10-8-14)26-13(2)3;/h7-10,13,16-17,23H,6,11-12,21H2,1-5H3,(H,22,24);1H. The second kappa shape index (κ2) is 9.24. The second-order valence-corrected chi connectivity index (χ2v) is 7.80. The summed E-state index contributed by atoms with van der Waals surface area (Å²) in [6.07, 6.45) is -0.253. The molecular formula is C20H33ClN2O4. The van der Waals surface area contributed by atoms with Crippen LogP contribution >= 0.6 is 12.4 Å². The number of aliphatic hydroxyl groups excluding tert-OH is 1. The fraction of sp³-hybridized carbons (Fsp3) is 0.650. The number of hydrogen-bond acceptors (Lipinski definition) is 5. The van der Waals surface area contributed by atoms with Crippen molar-refractivity contribution in [2.24, 2.45) is 11.1 Å². The molecule has 27 heavy (non-hydrogen) atoms. The number of amides is 1. The van der Waals surface area contributed by atoms with Crippen molar-refractivity contribution in [3.05, 3.63) is 29.8 Å². The van der Waals surface area contributed by atoms with Crippen LogP contribution in [0.15, 0.2) is 24.3 Å². The van der Waals surface area contributed by atoms with Crippen LogP contribution in [0.1, 0.15) is 52.7 Å². The van der Waals surface area contributed by atoms with E-state index in [2.05, 4.69) is 5.32 Å². The molecule has 0 heterocycles. The number of benzene rings is 1. The Kier molecular flexibility index (Phi) is 8.11. The molecule has 7 heteroatoms. The van der Waals surface area contributed by atoms with Crippen LogP contribution in [0.3, 0.4) is 0 Å². The van der Waals surface area contributed by atoms with Gasteiger partial charge in [0, 0.05) is 25.0 Å². The monoisotopic (exact) mass is 400 g/mol. The van der Waals surface area contributed by atoms with Crippen LogP contribution in [0.25, 0.3) is 0 Å². The van der Waals surface area contributed by atoms with Crippen LogP contribution in [0.2, 0.25) is 0 Å². The van der Waals surface area contributed by atoms with Gasteiger partial charge >= 0.3 is 0 Å². The number of ether oxygens (including phenoxy) is 2. The van der Waals surface area contributed by atoms with Gasteiger partial charge in [-0.1, -0.05) is 26.0 Å². The van der Waals surface area contributed by atoms with Gasteiger partial charge in [-0.15, -0.1) is 12.4 Å². The minimum Gasteiger partial charge on any atom is -0.491 e. The lowest BCUT2D eigenvalue weighted by Gasteiger charge is -2.57. The second-order valence-electron chi connectivity index (χ2n) is 7.80. The van der Waals surface area contributed by atoms with Gasteiger partial charge in [-0.05, 0) is 38.5 Å². The van der Waals surface area contributed by atoms with Gasteiger partial charge < -0.3 is 25.6 Å². The average molecular weight is 401 g/mol. The molecule has 0 spiro atoms. The minimum atomic E-state index is -0.985. The van der Waals surface area contributed by atoms with Gasteiger partial charge in [0.25, 0.3) is 0 Å². The van der Waals surface area contributed by atoms with E-state index in [1.54, 1.807) is 12.1 Å². The normalized spacial score (nSPS) is 24.5. The first-order valence-electron chi connectivity index (χ1n) is 9.25. The Morgan fingerprint density at radius 3 is 2.41 bits per heavy atom. The van der Waals surface area contributed by atoms with Crippen LogP contribution in [0, 0.1) is 5.41 Å². The van der Waals surface area contributed by atoms with Crippen molar-refractivity contribution >= 4 is 18.3 Å². The summed E-state index contributed by atoms with van der Waals surface area (Å²) in [5, 5.41) is 13.1. The van der Waals surface area contributed by atoms with Crippen molar-refractivity contribution in [3.8, 4) is 5.75 Å². The molecule has 154 valence electrons. The van der Waals surface area contributed by atoms with E-state index in [1.807, 2.05) is 46.8 Å². The molecule has 6 nitrogen and oxygen atoms in total. The van der Waals surface area contributed by atoms with E-state index in [-0.39, 0.29) is 37.1 Å². The number of carbonyl (C=O) groups is 1. The Balaban J connectivity index is 0.00000364. The Morgan fingerprint density at radius 1 is 1.33 bits per heavy atom. The predicted octanol–water partition coefficient (Wildman–Crippen LogP) is 2.58. The fourth-order valence-electron chi connectivity index (χ4n) is 3.33. The highest BCUT2D eigenvalue weighted by atomic mass is 35.5. The number of hydrogen-bond donors (Lipinski definition) is 3. The first-order chi connectivity index (χ1) is 12.1. The highest BCUT2D eigenvalue weighted by molar-refractivity contribution is 5.88. The van der Waals surface area contributed by atoms with E-state index in [1.165, 1.54) is 0 Å². The van der Waals surface area contributed by atoms with Crippen molar-refractivity contribution in [3.63, 3.8) is 0 Å². The third-order valence-electron chi connectivity index (χ3n) is 5.33. The smallest absolute Gasteiger partial charge is 0.240 e. The van der Waals surface area contributed by atoms with Crippen molar-refractivity contribution in [1.29, 1.82) is 0 Å². The molecule has 1 amide bonds. The molecule has 3 atom stereocenters. The quantitative estimate of drug-likeness (QED) is 0.623. The van der Waals surface area contributed by atoms with Crippen LogP contribution in [0.4, 0.5) is 0 Å². The number of rotatable bonds is 8. The Labute approximate surface area is 168 Å². The molecule has 1 aliphatic rings. The van der Waals surface area contributed by atoms with E-state index in [0.29, 0.717) is 18.6 Å². The molecule has 0 radical (unpaired) electrons. The van der Waals surface area contributed by atoms with E-state index < -0.39 is 17.1 Å². The molecule has 1 fully saturated rings. The highest BCUT2D eigenvalue weighted by Crippen LogP contribution is 2.49. The van der Waals surface area contributed by atoms with Crippen molar-refractivity contribution in [1.82, 2.24) is 5.32 Å². The van der Waals surface area contributed by atoms with E-state index >= 15 is 0 Å². The maximum Gasteiger partial charge on any atom is 0.240 e. The summed E-state index contributed by atoms with van der Waals surface area (Å²) in [7, 11) is 0. The summed E-state index contributed by atoms with van der Waals surface area (Å²) in [6.45, 7) is 10.4. The van der Waals surface area contributed by atoms with Crippen LogP contribution < -0.4 is 15.8 Å². The molecule has 1 aromatic carbocycles. The van der Waals surface area contributed by atoms with Crippen molar-refractivity contribution < 1.29 is 19.4 Å². The van der Waals surface area contributed by atoms with Gasteiger partial charge in [-0.25, -0.2) is 0 Å². The number of aliphatic hydroxyl groups is 1. The molecule has 0 saturated heterocycles. The van der Waals surface area contributed by atoms with Gasteiger partial charge in [-0.2, -0.15) is 0 Å². The van der Waals surface area contributed by atoms with Gasteiger partial charge in [0.15, 0.2) is 0 Å². The van der Waals surface area contributed by atoms with Crippen LogP contribution in [-0.4, -0.2) is 41.9 Å². The highest BCUT2D eigenvalue weighted by Gasteiger charge is 2.62. The molecule has 0 aromatic heterocycles. The minimum absolute atomic E-state index is 0. The van der Waals surface area contributed by atoms with Gasteiger partial charge in [0.1, 0.15) is 11.3 Å². The molecular weight excluding hydrogens is 368 g/mol. The maximum atomic E-state index is 12.6. The first kappa shape index (κ1) is 23.7. The fourth-order valence-corrected chi connectivity index (χ4v) is 3.33. The SMILES string of the molecule is CCOC1CC(N)(C(=O)NCC(O)c2ccc(OC(C)C)cc2)C1(C)C.Cl. The zero-order valence-electron chi connectivity index (χ0n) is 16.8. The first-order valence-corrected chi connectivity index (χ1v) is 9.25. The van der Waals surface area contributed by atoms with Crippen molar-refractivity contribution in [2.75, 3.05) is 13.2 Å². The zero-order valence-corrected chi connectivity index (χ0v) is 17.6. The van der Waals surface area contributed by atoms with Gasteiger partial charge in [0.2, 0.25) is 5.91 Å². The lowest BCUT2D eigenvalue weighted by atomic mass is 9.54. The van der Waals surface area contributed by atoms with Gasteiger partial charge in [0.05, 0.1) is 18.3 Å². The molecule has 1 saturated carbocycles. The molecule has 0 aliphatic heterocycles.